The zero-order valence-electron chi connectivity index (χ0n) is 10.9. The van der Waals surface area contributed by atoms with Crippen LogP contribution in [0.4, 0.5) is 0 Å². The van der Waals surface area contributed by atoms with Crippen molar-refractivity contribution in [2.45, 2.75) is 19.8 Å². The maximum absolute atomic E-state index is 6.25. The number of fused-ring (bicyclic) bond motifs is 1. The molecule has 1 aromatic heterocycles. The summed E-state index contributed by atoms with van der Waals surface area (Å²) in [6.45, 7) is 3.20. The van der Waals surface area contributed by atoms with Crippen molar-refractivity contribution in [3.05, 3.63) is 50.4 Å². The first-order chi connectivity index (χ1) is 9.40. The molecule has 3 rings (SSSR count). The fourth-order valence-electron chi connectivity index (χ4n) is 1.98. The summed E-state index contributed by atoms with van der Waals surface area (Å²) >= 11 is 0.503. The Morgan fingerprint density at radius 1 is 1.21 bits per heavy atom. The molecule has 0 bridgehead atoms. The van der Waals surface area contributed by atoms with Crippen molar-refractivity contribution in [3.63, 3.8) is 0 Å². The van der Waals surface area contributed by atoms with Crippen molar-refractivity contribution >= 4 is 35.5 Å². The molecule has 1 N–H and O–H groups in total. The van der Waals surface area contributed by atoms with E-state index in [1.807, 2.05) is 11.3 Å². The first-order valence-corrected chi connectivity index (χ1v) is 9.85. The van der Waals surface area contributed by atoms with Crippen LogP contribution in [-0.2, 0) is 3.82 Å². The molecule has 2 heterocycles. The van der Waals surface area contributed by atoms with Gasteiger partial charge >= 0.3 is 121 Å². The average Bonchev–Trinajstić information content (AvgIpc) is 3.03. The molecule has 100 valence electrons. The maximum atomic E-state index is 6.25. The van der Waals surface area contributed by atoms with E-state index in [1.165, 1.54) is 25.9 Å². The molecule has 0 aliphatic carbocycles. The Morgan fingerprint density at radius 3 is 2.84 bits per heavy atom. The van der Waals surface area contributed by atoms with Crippen LogP contribution in [0.15, 0.2) is 41.8 Å². The minimum atomic E-state index is -1.33. The van der Waals surface area contributed by atoms with E-state index in [2.05, 4.69) is 54.0 Å². The van der Waals surface area contributed by atoms with Crippen LogP contribution in [0, 0.1) is 3.38 Å². The van der Waals surface area contributed by atoms with Gasteiger partial charge in [0.25, 0.3) is 0 Å². The molecule has 2 nitrogen and oxygen atoms in total. The quantitative estimate of drug-likeness (QED) is 0.665. The van der Waals surface area contributed by atoms with Gasteiger partial charge in [-0.1, -0.05) is 0 Å². The van der Waals surface area contributed by atoms with Gasteiger partial charge in [-0.15, -0.1) is 0 Å². The summed E-state index contributed by atoms with van der Waals surface area (Å²) in [4.78, 5) is 0. The van der Waals surface area contributed by atoms with E-state index in [9.17, 15) is 0 Å². The van der Waals surface area contributed by atoms with E-state index in [4.69, 9.17) is 3.82 Å². The SMILES string of the molecule is CCCCNC1=c2ccsc2=[Se](c2ccccc2)O1. The molecule has 0 radical (unpaired) electrons. The molecule has 1 unspecified atom stereocenters. The van der Waals surface area contributed by atoms with E-state index in [0.717, 1.165) is 12.4 Å². The fourth-order valence-corrected chi connectivity index (χ4v) is 7.33. The van der Waals surface area contributed by atoms with Crippen LogP contribution in [0.3, 0.4) is 0 Å². The van der Waals surface area contributed by atoms with Gasteiger partial charge in [0.2, 0.25) is 0 Å². The van der Waals surface area contributed by atoms with Gasteiger partial charge in [-0.25, -0.2) is 0 Å². The van der Waals surface area contributed by atoms with E-state index in [0.29, 0.717) is 0 Å². The zero-order chi connectivity index (χ0) is 13.1. The van der Waals surface area contributed by atoms with Crippen molar-refractivity contribution in [1.29, 1.82) is 0 Å². The zero-order valence-corrected chi connectivity index (χ0v) is 13.4. The number of thiophene rings is 1. The monoisotopic (exact) mass is 339 g/mol. The summed E-state index contributed by atoms with van der Waals surface area (Å²) in [6.07, 6.45) is 2.39. The fraction of sp³-hybridized carbons (Fsp3) is 0.267. The van der Waals surface area contributed by atoms with Gasteiger partial charge in [0, 0.05) is 0 Å². The number of hydrogen-bond acceptors (Lipinski definition) is 3. The Kier molecular flexibility index (Phi) is 4.02. The molecule has 0 saturated heterocycles. The second kappa shape index (κ2) is 5.91. The van der Waals surface area contributed by atoms with Gasteiger partial charge in [-0.3, -0.25) is 0 Å². The minimum absolute atomic E-state index is 0.995. The second-order valence-corrected chi connectivity index (χ2v) is 9.22. The molecule has 0 saturated carbocycles. The van der Waals surface area contributed by atoms with Crippen LogP contribution in [0.1, 0.15) is 19.8 Å². The van der Waals surface area contributed by atoms with Crippen LogP contribution >= 0.6 is 11.3 Å². The first-order valence-electron chi connectivity index (χ1n) is 6.56. The Labute approximate surface area is 121 Å². The van der Waals surface area contributed by atoms with Crippen LogP contribution in [0.5, 0.6) is 0 Å². The normalized spacial score (nSPS) is 17.1. The Morgan fingerprint density at radius 2 is 2.05 bits per heavy atom. The number of hydrogen-bond donors (Lipinski definition) is 1. The van der Waals surface area contributed by atoms with Gasteiger partial charge < -0.3 is 0 Å². The molecule has 1 aliphatic heterocycles. The summed E-state index contributed by atoms with van der Waals surface area (Å²) in [5.74, 6) is 0.999. The molecule has 19 heavy (non-hydrogen) atoms. The summed E-state index contributed by atoms with van der Waals surface area (Å²) in [5.41, 5.74) is 0. The molecule has 1 atom stereocenters. The van der Waals surface area contributed by atoms with Gasteiger partial charge in [0.05, 0.1) is 0 Å². The molecule has 0 spiro atoms. The Balaban J connectivity index is 1.97. The summed E-state index contributed by atoms with van der Waals surface area (Å²) in [6, 6.07) is 12.8. The predicted molar refractivity (Wildman–Crippen MR) is 82.0 cm³/mol. The summed E-state index contributed by atoms with van der Waals surface area (Å²) in [7, 11) is 0. The van der Waals surface area contributed by atoms with Gasteiger partial charge in [-0.2, -0.15) is 0 Å². The van der Waals surface area contributed by atoms with Crippen molar-refractivity contribution in [2.75, 3.05) is 6.54 Å². The van der Waals surface area contributed by atoms with E-state index >= 15 is 0 Å². The Hall–Kier alpha value is -1.09. The molecule has 0 amide bonds. The van der Waals surface area contributed by atoms with E-state index in [1.54, 1.807) is 0 Å². The van der Waals surface area contributed by atoms with Crippen molar-refractivity contribution in [2.24, 2.45) is 0 Å². The van der Waals surface area contributed by atoms with Gasteiger partial charge in [0.1, 0.15) is 0 Å². The molecule has 4 heteroatoms. The van der Waals surface area contributed by atoms with Crippen LogP contribution < -0.4 is 15.0 Å². The van der Waals surface area contributed by atoms with Crippen molar-refractivity contribution in [3.8, 4) is 0 Å². The van der Waals surface area contributed by atoms with Gasteiger partial charge in [0.15, 0.2) is 0 Å². The first kappa shape index (κ1) is 12.9. The topological polar surface area (TPSA) is 21.3 Å². The number of benzene rings is 1. The van der Waals surface area contributed by atoms with E-state index < -0.39 is 13.8 Å². The van der Waals surface area contributed by atoms with Crippen LogP contribution in [0.25, 0.3) is 5.88 Å². The van der Waals surface area contributed by atoms with Gasteiger partial charge in [-0.05, 0) is 0 Å². The predicted octanol–water partition coefficient (Wildman–Crippen LogP) is 1.96. The third-order valence-electron chi connectivity index (χ3n) is 2.98. The summed E-state index contributed by atoms with van der Waals surface area (Å²) < 4.78 is 9.03. The number of rotatable bonds is 5. The van der Waals surface area contributed by atoms with Crippen LogP contribution in [0.2, 0.25) is 0 Å². The van der Waals surface area contributed by atoms with E-state index in [-0.39, 0.29) is 0 Å². The molecule has 1 aromatic carbocycles. The average molecular weight is 338 g/mol. The third kappa shape index (κ3) is 2.62. The number of unbranched alkanes of at least 4 members (excludes halogenated alkanes) is 1. The molecule has 1 aliphatic rings. The van der Waals surface area contributed by atoms with Crippen LogP contribution in [-0.4, -0.2) is 20.3 Å². The van der Waals surface area contributed by atoms with Crippen molar-refractivity contribution < 1.29 is 3.82 Å². The molecule has 2 aromatic rings. The Bertz CT molecular complexity index is 678. The van der Waals surface area contributed by atoms with Crippen molar-refractivity contribution in [1.82, 2.24) is 5.32 Å². The number of nitrogens with one attached hydrogen (secondary N) is 1. The standard InChI is InChI=1S/C15H17NOSSe/c1-2-3-10-16-14-13-9-11-18-15(13)19(17-14)12-7-5-4-6-8-12/h4-9,11,16H,2-3,10H2,1H3. The molecular formula is C15H17NOSSe. The molecule has 0 fully saturated rings. The molecular weight excluding hydrogens is 321 g/mol. The second-order valence-electron chi connectivity index (χ2n) is 4.40. The third-order valence-corrected chi connectivity index (χ3v) is 8.42. The summed E-state index contributed by atoms with van der Waals surface area (Å²) in [5, 5.41) is 6.92.